The van der Waals surface area contributed by atoms with Gasteiger partial charge in [-0.15, -0.1) is 0 Å². The number of halogens is 2. The molecule has 0 spiro atoms. The van der Waals surface area contributed by atoms with Crippen molar-refractivity contribution in [3.05, 3.63) is 47.3 Å². The summed E-state index contributed by atoms with van der Waals surface area (Å²) in [6.07, 6.45) is 5.76. The largest absolute Gasteiger partial charge is 0.479 e. The Balaban J connectivity index is 1.67. The molecule has 1 amide bonds. The van der Waals surface area contributed by atoms with Crippen molar-refractivity contribution >= 4 is 22.6 Å². The van der Waals surface area contributed by atoms with Crippen LogP contribution in [0.2, 0.25) is 0 Å². The first-order valence-corrected chi connectivity index (χ1v) is 11.4. The van der Waals surface area contributed by atoms with E-state index in [2.05, 4.69) is 28.4 Å². The van der Waals surface area contributed by atoms with Gasteiger partial charge in [-0.1, -0.05) is 12.5 Å². The van der Waals surface area contributed by atoms with E-state index in [1.54, 1.807) is 11.1 Å². The summed E-state index contributed by atoms with van der Waals surface area (Å²) in [5.41, 5.74) is 7.73. The number of nitrogen functional groups attached to an aromatic ring is 1. The maximum absolute atomic E-state index is 14.8. The number of nitrogens with two attached hydrogens (primary N) is 1. The molecule has 1 aliphatic heterocycles. The third kappa shape index (κ3) is 3.88. The van der Waals surface area contributed by atoms with Crippen LogP contribution in [-0.4, -0.2) is 57.9 Å². The van der Waals surface area contributed by atoms with E-state index in [-0.39, 0.29) is 23.5 Å². The Morgan fingerprint density at radius 2 is 1.89 bits per heavy atom. The summed E-state index contributed by atoms with van der Waals surface area (Å²) < 4.78 is 41.3. The van der Waals surface area contributed by atoms with Gasteiger partial charge in [0, 0.05) is 19.3 Å². The van der Waals surface area contributed by atoms with Gasteiger partial charge in [0.1, 0.15) is 17.1 Å². The smallest absolute Gasteiger partial charge is 0.254 e. The second-order valence-electron chi connectivity index (χ2n) is 8.70. The predicted molar refractivity (Wildman–Crippen MR) is 128 cm³/mol. The lowest BCUT2D eigenvalue weighted by Crippen LogP contribution is -2.27. The lowest BCUT2D eigenvalue weighted by molar-refractivity contribution is -0.125. The van der Waals surface area contributed by atoms with Crippen molar-refractivity contribution in [2.45, 2.75) is 31.2 Å². The van der Waals surface area contributed by atoms with Gasteiger partial charge in [0.05, 0.1) is 31.2 Å². The quantitative estimate of drug-likeness (QED) is 0.429. The van der Waals surface area contributed by atoms with E-state index in [0.29, 0.717) is 30.8 Å². The number of aromatic nitrogens is 4. The van der Waals surface area contributed by atoms with Gasteiger partial charge >= 0.3 is 0 Å². The van der Waals surface area contributed by atoms with Crippen LogP contribution in [0.5, 0.6) is 11.8 Å². The van der Waals surface area contributed by atoms with Crippen molar-refractivity contribution < 1.29 is 23.0 Å². The van der Waals surface area contributed by atoms with Crippen LogP contribution >= 0.6 is 0 Å². The van der Waals surface area contributed by atoms with Crippen LogP contribution in [0, 0.1) is 23.5 Å². The highest BCUT2D eigenvalue weighted by atomic mass is 19.1. The van der Waals surface area contributed by atoms with E-state index in [1.165, 1.54) is 20.3 Å². The molecule has 2 fully saturated rings. The van der Waals surface area contributed by atoms with Crippen LogP contribution in [0.1, 0.15) is 48.0 Å². The number of ether oxygens (including phenoxy) is 2. The summed E-state index contributed by atoms with van der Waals surface area (Å²) in [5.74, 6) is 2.73. The molecule has 1 aliphatic carbocycles. The van der Waals surface area contributed by atoms with Gasteiger partial charge in [-0.05, 0) is 42.7 Å². The Kier molecular flexibility index (Phi) is 5.96. The Morgan fingerprint density at radius 3 is 2.50 bits per heavy atom. The number of likely N-dealkylation sites (tertiary alicyclic amines) is 1. The number of rotatable bonds is 5. The zero-order chi connectivity index (χ0) is 25.6. The Morgan fingerprint density at radius 1 is 1.19 bits per heavy atom. The number of pyridine rings is 2. The van der Waals surface area contributed by atoms with Gasteiger partial charge in [0.25, 0.3) is 11.8 Å². The average Bonchev–Trinajstić information content (AvgIpc) is 3.47. The van der Waals surface area contributed by atoms with E-state index < -0.39 is 29.0 Å². The number of hydrogen-bond donors (Lipinski definition) is 1. The third-order valence-corrected chi connectivity index (χ3v) is 6.51. The third-order valence-electron chi connectivity index (χ3n) is 6.51. The Hall–Kier alpha value is -4.20. The molecule has 2 N–H and O–H groups in total. The minimum atomic E-state index is -1.05. The van der Waals surface area contributed by atoms with Crippen LogP contribution in [0.4, 0.5) is 14.6 Å². The van der Waals surface area contributed by atoms with Crippen LogP contribution in [0.15, 0.2) is 18.9 Å². The molecule has 1 saturated carbocycles. The fourth-order valence-electron chi connectivity index (χ4n) is 4.54. The molecule has 2 aliphatic rings. The standard InChI is InChI=1S/C25H24F2N6O3/c1-4-18(34)32-10-9-14(12-32)33-22-16(13-5-6-13)11-29-23(28)19(22)17(31-33)8-7-15-20(26)24(35-2)30-25(36-3)21(15)27/h4,11,13-14H,1,5-6,9-10,12H2,2-3H3,(H2,28,29)/t14-/m0/s1. The van der Waals surface area contributed by atoms with Crippen LogP contribution in [-0.2, 0) is 4.79 Å². The van der Waals surface area contributed by atoms with Crippen molar-refractivity contribution in [3.63, 3.8) is 0 Å². The van der Waals surface area contributed by atoms with Gasteiger partial charge in [-0.3, -0.25) is 9.48 Å². The van der Waals surface area contributed by atoms with E-state index in [0.717, 1.165) is 23.9 Å². The number of methoxy groups -OCH3 is 2. The molecular formula is C25H24F2N6O3. The molecule has 186 valence electrons. The molecule has 5 rings (SSSR count). The van der Waals surface area contributed by atoms with Crippen LogP contribution in [0.3, 0.4) is 0 Å². The second kappa shape index (κ2) is 9.11. The van der Waals surface area contributed by atoms with Crippen molar-refractivity contribution in [2.75, 3.05) is 33.0 Å². The molecule has 4 heterocycles. The van der Waals surface area contributed by atoms with Crippen molar-refractivity contribution in [1.82, 2.24) is 24.6 Å². The summed E-state index contributed by atoms with van der Waals surface area (Å²) in [7, 11) is 2.42. The fourth-order valence-corrected chi connectivity index (χ4v) is 4.54. The molecule has 0 radical (unpaired) electrons. The number of carbonyl (C=O) groups excluding carboxylic acids is 1. The van der Waals surface area contributed by atoms with Gasteiger partial charge < -0.3 is 20.1 Å². The number of nitrogens with zero attached hydrogens (tertiary/aromatic N) is 5. The lowest BCUT2D eigenvalue weighted by Gasteiger charge is -2.16. The monoisotopic (exact) mass is 494 g/mol. The first-order valence-electron chi connectivity index (χ1n) is 11.4. The average molecular weight is 495 g/mol. The van der Waals surface area contributed by atoms with E-state index in [4.69, 9.17) is 20.3 Å². The zero-order valence-electron chi connectivity index (χ0n) is 19.8. The first-order chi connectivity index (χ1) is 17.4. The summed E-state index contributed by atoms with van der Waals surface area (Å²) >= 11 is 0. The summed E-state index contributed by atoms with van der Waals surface area (Å²) in [6, 6.07) is -0.124. The van der Waals surface area contributed by atoms with Crippen LogP contribution < -0.4 is 15.2 Å². The maximum Gasteiger partial charge on any atom is 0.254 e. The molecule has 11 heteroatoms. The molecule has 36 heavy (non-hydrogen) atoms. The van der Waals surface area contributed by atoms with Crippen LogP contribution in [0.25, 0.3) is 10.9 Å². The molecule has 0 bridgehead atoms. The normalized spacial score (nSPS) is 17.1. The summed E-state index contributed by atoms with van der Waals surface area (Å²) in [4.78, 5) is 21.9. The van der Waals surface area contributed by atoms with Crippen molar-refractivity contribution in [1.29, 1.82) is 0 Å². The van der Waals surface area contributed by atoms with E-state index in [9.17, 15) is 13.6 Å². The SMILES string of the molecule is C=CC(=O)N1CC[C@H](n2nc(C#Cc3c(F)c(OC)nc(OC)c3F)c3c(N)ncc(C4CC4)c32)C1. The van der Waals surface area contributed by atoms with Gasteiger partial charge in [-0.25, -0.2) is 4.98 Å². The van der Waals surface area contributed by atoms with Gasteiger partial charge in [0.2, 0.25) is 17.5 Å². The van der Waals surface area contributed by atoms with Crippen molar-refractivity contribution in [2.24, 2.45) is 0 Å². The van der Waals surface area contributed by atoms with Gasteiger partial charge in [-0.2, -0.15) is 18.9 Å². The Bertz CT molecular complexity index is 1430. The number of carbonyl (C=O) groups is 1. The molecule has 9 nitrogen and oxygen atoms in total. The molecule has 3 aromatic heterocycles. The van der Waals surface area contributed by atoms with E-state index in [1.807, 2.05) is 4.68 Å². The molecule has 1 atom stereocenters. The minimum Gasteiger partial charge on any atom is -0.479 e. The summed E-state index contributed by atoms with van der Waals surface area (Å²) in [6.45, 7) is 4.57. The van der Waals surface area contributed by atoms with Crippen molar-refractivity contribution in [3.8, 4) is 23.6 Å². The predicted octanol–water partition coefficient (Wildman–Crippen LogP) is 2.94. The molecule has 0 aromatic carbocycles. The van der Waals surface area contributed by atoms with E-state index >= 15 is 0 Å². The number of amides is 1. The topological polar surface area (TPSA) is 108 Å². The molecule has 0 unspecified atom stereocenters. The number of fused-ring (bicyclic) bond motifs is 1. The minimum absolute atomic E-state index is 0.124. The first kappa shape index (κ1) is 23.5. The molecule has 1 saturated heterocycles. The number of hydrogen-bond acceptors (Lipinski definition) is 7. The number of anilines is 1. The fraction of sp³-hybridized carbons (Fsp3) is 0.360. The zero-order valence-corrected chi connectivity index (χ0v) is 19.8. The highest BCUT2D eigenvalue weighted by Gasteiger charge is 2.33. The molecular weight excluding hydrogens is 470 g/mol. The lowest BCUT2D eigenvalue weighted by atomic mass is 10.1. The highest BCUT2D eigenvalue weighted by Crippen LogP contribution is 2.45. The summed E-state index contributed by atoms with van der Waals surface area (Å²) in [5, 5.41) is 5.24. The maximum atomic E-state index is 14.8. The second-order valence-corrected chi connectivity index (χ2v) is 8.70. The Labute approximate surface area is 205 Å². The van der Waals surface area contributed by atoms with Gasteiger partial charge in [0.15, 0.2) is 0 Å². The molecule has 3 aromatic rings. The highest BCUT2D eigenvalue weighted by molar-refractivity contribution is 5.96.